The molecule has 0 bridgehead atoms. The molecule has 12 unspecified atom stereocenters. The minimum absolute atomic E-state index is 0.0157. The summed E-state index contributed by atoms with van der Waals surface area (Å²) < 4.78 is 62.9. The third-order valence-corrected chi connectivity index (χ3v) is 15.8. The molecule has 34 nitrogen and oxygen atoms in total. The van der Waals surface area contributed by atoms with Crippen molar-refractivity contribution in [3.8, 4) is 0 Å². The number of hydrogen-bond donors (Lipinski definition) is 15. The van der Waals surface area contributed by atoms with E-state index in [9.17, 15) is 84.3 Å². The van der Waals surface area contributed by atoms with Crippen molar-refractivity contribution in [2.75, 3.05) is 85.5 Å². The highest BCUT2D eigenvalue weighted by Crippen LogP contribution is 2.33. The molecule has 536 valence electrons. The molecule has 4 heterocycles. The topological polar surface area (TPSA) is 492 Å². The van der Waals surface area contributed by atoms with Gasteiger partial charge in [-0.3, -0.25) is 38.4 Å². The first-order valence-electron chi connectivity index (χ1n) is 31.9. The van der Waals surface area contributed by atoms with Crippen LogP contribution >= 0.6 is 0 Å². The van der Waals surface area contributed by atoms with Crippen LogP contribution < -0.4 is 31.9 Å². The molecule has 34 heteroatoms. The zero-order valence-corrected chi connectivity index (χ0v) is 53.9. The molecule has 0 aromatic rings. The number of rotatable bonds is 43. The van der Waals surface area contributed by atoms with Gasteiger partial charge in [-0.1, -0.05) is 54.4 Å². The first-order valence-corrected chi connectivity index (χ1v) is 31.9. The van der Waals surface area contributed by atoms with Crippen LogP contribution in [0.5, 0.6) is 0 Å². The van der Waals surface area contributed by atoms with Crippen molar-refractivity contribution in [3.63, 3.8) is 0 Å². The zero-order valence-electron chi connectivity index (χ0n) is 53.9. The largest absolute Gasteiger partial charge is 0.390 e. The second-order valence-electron chi connectivity index (χ2n) is 24.0. The number of aliphatic hydroxyl groups is 9. The van der Waals surface area contributed by atoms with Gasteiger partial charge in [-0.2, -0.15) is 0 Å². The molecule has 0 saturated carbocycles. The lowest BCUT2D eigenvalue weighted by atomic mass is 9.95. The van der Waals surface area contributed by atoms with Gasteiger partial charge in [0.05, 0.1) is 57.3 Å². The molecule has 6 amide bonds. The lowest BCUT2D eigenvalue weighted by Crippen LogP contribution is -2.57. The molecule has 20 atom stereocenters. The van der Waals surface area contributed by atoms with Gasteiger partial charge in [-0.25, -0.2) is 0 Å². The summed E-state index contributed by atoms with van der Waals surface area (Å²) >= 11 is 0. The minimum atomic E-state index is -1.73. The molecule has 0 aromatic carbocycles. The van der Waals surface area contributed by atoms with Gasteiger partial charge in [0.1, 0.15) is 56.4 Å². The third kappa shape index (κ3) is 28.9. The quantitative estimate of drug-likeness (QED) is 0.0201. The molecule has 15 N–H and O–H groups in total. The molecule has 93 heavy (non-hydrogen) atoms. The standard InChI is InChI=1S/C59H102N6O28/c1-31(2)11-7-8-17-61-40(70)27-41(71)65-22-26-86-58-35(6)50(83-23-14-36(66)12-9-19-62-42(72)29-88-56-33(4)45(75)48(78)53(81)91-56)51(84-24-15-38(68)60-18-10-13-37(67)28-87-55-32(3)44(74)47(77)52(80)90-55)59(93-58)85-25-16-39(69)63-20-21-64-43(73)30-89-57-34(5)46(76)49(79)54(82)92-57/h31-35,44-59,74-82H,7-30H2,1-6H3,(H,60,68)(H,61,70)(H,62,72)(H,63,69)(H,64,73)(H,65,71)/t32-,33-,34-,35-,44+,45+,46+,47?,48?,49?,50+,51?,52?,53?,54?,55?,56?,57?,58?,59?/m0/s1. The average molecular weight is 1340 g/mol. The Balaban J connectivity index is 1.36. The van der Waals surface area contributed by atoms with E-state index >= 15 is 0 Å². The van der Waals surface area contributed by atoms with Crippen molar-refractivity contribution in [1.29, 1.82) is 0 Å². The Labute approximate surface area is 540 Å². The van der Waals surface area contributed by atoms with Crippen LogP contribution in [0.4, 0.5) is 0 Å². The number of nitrogens with one attached hydrogen (secondary N) is 6. The molecule has 0 spiro atoms. The van der Waals surface area contributed by atoms with E-state index < -0.39 is 185 Å². The van der Waals surface area contributed by atoms with Gasteiger partial charge >= 0.3 is 0 Å². The summed E-state index contributed by atoms with van der Waals surface area (Å²) in [7, 11) is 0. The van der Waals surface area contributed by atoms with Gasteiger partial charge in [0.15, 0.2) is 56.1 Å². The lowest BCUT2D eigenvalue weighted by Gasteiger charge is -2.44. The van der Waals surface area contributed by atoms with E-state index in [1.54, 1.807) is 6.92 Å². The van der Waals surface area contributed by atoms with Crippen LogP contribution in [0.2, 0.25) is 0 Å². The van der Waals surface area contributed by atoms with Crippen LogP contribution in [0.1, 0.15) is 112 Å². The smallest absolute Gasteiger partial charge is 0.246 e. The molecule has 4 saturated heterocycles. The number of unbranched alkanes of at least 4 members (excludes halogenated alkanes) is 1. The number of amides is 6. The lowest BCUT2D eigenvalue weighted by molar-refractivity contribution is -0.347. The predicted molar refractivity (Wildman–Crippen MR) is 317 cm³/mol. The summed E-state index contributed by atoms with van der Waals surface area (Å²) in [5.41, 5.74) is 0. The normalized spacial score (nSPS) is 31.3. The van der Waals surface area contributed by atoms with E-state index in [2.05, 4.69) is 45.7 Å². The molecule has 0 radical (unpaired) electrons. The van der Waals surface area contributed by atoms with Crippen molar-refractivity contribution < 1.29 is 136 Å². The van der Waals surface area contributed by atoms with Crippen LogP contribution in [-0.2, 0) is 90.5 Å². The van der Waals surface area contributed by atoms with Gasteiger partial charge in [-0.05, 0) is 25.2 Å². The highest BCUT2D eigenvalue weighted by atomic mass is 16.8. The summed E-state index contributed by atoms with van der Waals surface area (Å²) in [5, 5.41) is 105. The Morgan fingerprint density at radius 1 is 0.344 bits per heavy atom. The molecule has 4 aliphatic heterocycles. The number of carbonyl (C=O) groups excluding carboxylic acids is 8. The van der Waals surface area contributed by atoms with Crippen LogP contribution in [0.15, 0.2) is 0 Å². The SMILES string of the molecule is CC(C)CCCCNC(=O)CC(=O)NCCOC1OC(OCCC(=O)NCCNC(=O)COC2OC(O)C(O)[C@H](O)[C@@H]2C)C(OCCC(=O)NCCCC(=O)COC2OC(O)C(O)[C@H](O)[C@@H]2C)[C@H](OCCC(=O)CCCNC(=O)COC2OC(O)C(O)[C@H](O)[C@@H]2C)[C@@H]1C. The van der Waals surface area contributed by atoms with Gasteiger partial charge in [0, 0.05) is 88.6 Å². The summed E-state index contributed by atoms with van der Waals surface area (Å²) in [6.07, 6.45) is -19.9. The summed E-state index contributed by atoms with van der Waals surface area (Å²) in [5.74, 6) is -6.24. The molecule has 0 aromatic heterocycles. The second kappa shape index (κ2) is 42.8. The number of hydrogen-bond acceptors (Lipinski definition) is 28. The van der Waals surface area contributed by atoms with E-state index in [0.717, 1.165) is 19.3 Å². The maximum Gasteiger partial charge on any atom is 0.246 e. The Bertz CT molecular complexity index is 2280. The number of carbonyl (C=O) groups is 8. The fourth-order valence-electron chi connectivity index (χ4n) is 10.0. The summed E-state index contributed by atoms with van der Waals surface area (Å²) in [6.45, 7) is 8.62. The van der Waals surface area contributed by atoms with E-state index in [1.807, 2.05) is 0 Å². The molecular weight excluding hydrogens is 1240 g/mol. The third-order valence-electron chi connectivity index (χ3n) is 15.8. The van der Waals surface area contributed by atoms with Crippen LogP contribution in [0.25, 0.3) is 0 Å². The van der Waals surface area contributed by atoms with Crippen LogP contribution in [0, 0.1) is 29.6 Å². The molecule has 4 rings (SSSR count). The average Bonchev–Trinajstić information content (AvgIpc) is 0.995. The first kappa shape index (κ1) is 80.8. The first-order chi connectivity index (χ1) is 44.2. The number of ketones is 2. The second-order valence-corrected chi connectivity index (χ2v) is 24.0. The van der Waals surface area contributed by atoms with Gasteiger partial charge in [-0.15, -0.1) is 0 Å². The Morgan fingerprint density at radius 2 is 0.731 bits per heavy atom. The maximum atomic E-state index is 13.2. The van der Waals surface area contributed by atoms with Gasteiger partial charge < -0.3 is 130 Å². The monoisotopic (exact) mass is 1340 g/mol. The fourth-order valence-corrected chi connectivity index (χ4v) is 10.0. The highest BCUT2D eigenvalue weighted by molar-refractivity contribution is 5.96. The zero-order chi connectivity index (χ0) is 68.7. The molecule has 4 fully saturated rings. The van der Waals surface area contributed by atoms with E-state index in [-0.39, 0.29) is 116 Å². The number of Topliss-reactive ketones (excluding diaryl/α,β-unsaturated/α-hetero) is 2. The maximum absolute atomic E-state index is 13.2. The van der Waals surface area contributed by atoms with Crippen LogP contribution in [0.3, 0.4) is 0 Å². The van der Waals surface area contributed by atoms with E-state index in [0.29, 0.717) is 12.5 Å². The van der Waals surface area contributed by atoms with Crippen molar-refractivity contribution in [3.05, 3.63) is 0 Å². The van der Waals surface area contributed by atoms with E-state index in [4.69, 9.17) is 52.1 Å². The number of ether oxygens (including phenoxy) is 11. The van der Waals surface area contributed by atoms with Gasteiger partial charge in [0.25, 0.3) is 0 Å². The van der Waals surface area contributed by atoms with E-state index in [1.165, 1.54) is 20.8 Å². The highest BCUT2D eigenvalue weighted by Gasteiger charge is 2.48. The van der Waals surface area contributed by atoms with Crippen LogP contribution in [-0.4, -0.2) is 278 Å². The number of aliphatic hydroxyl groups excluding tert-OH is 9. The van der Waals surface area contributed by atoms with Crippen molar-refractivity contribution >= 4 is 47.0 Å². The van der Waals surface area contributed by atoms with Gasteiger partial charge in [0.2, 0.25) is 35.4 Å². The van der Waals surface area contributed by atoms with Crippen molar-refractivity contribution in [1.82, 2.24) is 31.9 Å². The molecule has 4 aliphatic rings. The minimum Gasteiger partial charge on any atom is -0.390 e. The van der Waals surface area contributed by atoms with Crippen molar-refractivity contribution in [2.24, 2.45) is 29.6 Å². The summed E-state index contributed by atoms with van der Waals surface area (Å²) in [6, 6.07) is 0. The predicted octanol–water partition coefficient (Wildman–Crippen LogP) is -4.96. The molecule has 0 aliphatic carbocycles. The Morgan fingerprint density at radius 3 is 1.25 bits per heavy atom. The molecular formula is C59H102N6O28. The summed E-state index contributed by atoms with van der Waals surface area (Å²) in [4.78, 5) is 102. The Hall–Kier alpha value is -4.64. The Kier molecular flexibility index (Phi) is 37.2. The van der Waals surface area contributed by atoms with Crippen molar-refractivity contribution in [2.45, 2.75) is 211 Å². The fraction of sp³-hybridized carbons (Fsp3) is 0.864.